The molecule has 0 saturated carbocycles. The van der Waals surface area contributed by atoms with Crippen molar-refractivity contribution in [1.82, 2.24) is 10.3 Å². The molecule has 1 N–H and O–H groups in total. The van der Waals surface area contributed by atoms with Gasteiger partial charge in [0.15, 0.2) is 0 Å². The number of nitrogens with one attached hydrogen (secondary N) is 1. The van der Waals surface area contributed by atoms with Crippen LogP contribution < -0.4 is 5.32 Å². The van der Waals surface area contributed by atoms with Crippen LogP contribution in [-0.2, 0) is 6.42 Å². The standard InChI is InChI=1S/C16H26N2/c1-3-5-11-15(17-4-2)14-10-6-8-13-9-7-12-18-16(13)14/h7,9,12,14-15,17H,3-6,8,10-11H2,1-2H3. The summed E-state index contributed by atoms with van der Waals surface area (Å²) in [5.74, 6) is 0.626. The quantitative estimate of drug-likeness (QED) is 0.828. The van der Waals surface area contributed by atoms with E-state index < -0.39 is 0 Å². The monoisotopic (exact) mass is 246 g/mol. The number of nitrogens with zero attached hydrogens (tertiary/aromatic N) is 1. The number of pyridine rings is 1. The lowest BCUT2D eigenvalue weighted by Crippen LogP contribution is -2.36. The molecule has 1 aliphatic rings. The van der Waals surface area contributed by atoms with Crippen molar-refractivity contribution in [2.45, 2.75) is 64.3 Å². The molecule has 0 spiro atoms. The molecule has 0 saturated heterocycles. The van der Waals surface area contributed by atoms with Gasteiger partial charge in [-0.25, -0.2) is 0 Å². The number of aromatic nitrogens is 1. The lowest BCUT2D eigenvalue weighted by molar-refractivity contribution is 0.364. The first-order valence-corrected chi connectivity index (χ1v) is 7.54. The minimum atomic E-state index is 0.615. The lowest BCUT2D eigenvalue weighted by atomic mass is 9.80. The number of fused-ring (bicyclic) bond motifs is 1. The second-order valence-electron chi connectivity index (χ2n) is 5.35. The van der Waals surface area contributed by atoms with E-state index in [2.05, 4.69) is 36.3 Å². The molecule has 0 bridgehead atoms. The van der Waals surface area contributed by atoms with Crippen molar-refractivity contribution in [3.8, 4) is 0 Å². The van der Waals surface area contributed by atoms with Crippen LogP contribution in [0.3, 0.4) is 0 Å². The van der Waals surface area contributed by atoms with E-state index in [4.69, 9.17) is 0 Å². The van der Waals surface area contributed by atoms with Crippen LogP contribution >= 0.6 is 0 Å². The first-order chi connectivity index (χ1) is 8.86. The Morgan fingerprint density at radius 1 is 1.44 bits per heavy atom. The highest BCUT2D eigenvalue weighted by atomic mass is 14.9. The average molecular weight is 246 g/mol. The van der Waals surface area contributed by atoms with Gasteiger partial charge >= 0.3 is 0 Å². The topological polar surface area (TPSA) is 24.9 Å². The van der Waals surface area contributed by atoms with Crippen LogP contribution in [0.2, 0.25) is 0 Å². The van der Waals surface area contributed by atoms with Gasteiger partial charge in [-0.1, -0.05) is 32.8 Å². The highest BCUT2D eigenvalue weighted by Gasteiger charge is 2.27. The second-order valence-corrected chi connectivity index (χ2v) is 5.35. The first kappa shape index (κ1) is 13.5. The van der Waals surface area contributed by atoms with Gasteiger partial charge in [0.1, 0.15) is 0 Å². The lowest BCUT2D eigenvalue weighted by Gasteiger charge is -2.32. The van der Waals surface area contributed by atoms with Crippen LogP contribution in [0, 0.1) is 0 Å². The van der Waals surface area contributed by atoms with Crippen molar-refractivity contribution >= 4 is 0 Å². The number of hydrogen-bond acceptors (Lipinski definition) is 2. The normalized spacial score (nSPS) is 20.4. The zero-order chi connectivity index (χ0) is 12.8. The first-order valence-electron chi connectivity index (χ1n) is 7.54. The predicted molar refractivity (Wildman–Crippen MR) is 76.9 cm³/mol. The molecule has 0 aliphatic heterocycles. The SMILES string of the molecule is CCCCC(NCC)C1CCCc2cccnc21. The van der Waals surface area contributed by atoms with Gasteiger partial charge in [0.05, 0.1) is 0 Å². The van der Waals surface area contributed by atoms with E-state index >= 15 is 0 Å². The van der Waals surface area contributed by atoms with E-state index in [0.29, 0.717) is 12.0 Å². The number of unbranched alkanes of at least 4 members (excludes halogenated alkanes) is 1. The third-order valence-electron chi connectivity index (χ3n) is 4.06. The van der Waals surface area contributed by atoms with Gasteiger partial charge in [0, 0.05) is 23.9 Å². The van der Waals surface area contributed by atoms with Crippen LogP contribution in [0.15, 0.2) is 18.3 Å². The smallest absolute Gasteiger partial charge is 0.0481 e. The molecular weight excluding hydrogens is 220 g/mol. The van der Waals surface area contributed by atoms with E-state index in [1.54, 1.807) is 0 Å². The van der Waals surface area contributed by atoms with E-state index in [1.807, 2.05) is 6.20 Å². The molecule has 2 nitrogen and oxygen atoms in total. The molecule has 1 aromatic heterocycles. The molecule has 2 rings (SSSR count). The maximum absolute atomic E-state index is 4.67. The van der Waals surface area contributed by atoms with Crippen molar-refractivity contribution in [1.29, 1.82) is 0 Å². The van der Waals surface area contributed by atoms with E-state index in [9.17, 15) is 0 Å². The third kappa shape index (κ3) is 3.11. The molecule has 0 fully saturated rings. The maximum Gasteiger partial charge on any atom is 0.0481 e. The molecular formula is C16H26N2. The Kier molecular flexibility index (Phi) is 5.18. The van der Waals surface area contributed by atoms with Gasteiger partial charge in [0.2, 0.25) is 0 Å². The van der Waals surface area contributed by atoms with Gasteiger partial charge in [-0.3, -0.25) is 4.98 Å². The fourth-order valence-corrected chi connectivity index (χ4v) is 3.17. The molecule has 1 aromatic rings. The van der Waals surface area contributed by atoms with Gasteiger partial charge in [-0.15, -0.1) is 0 Å². The molecule has 2 unspecified atom stereocenters. The number of rotatable bonds is 6. The predicted octanol–water partition coefficient (Wildman–Crippen LogP) is 3.67. The van der Waals surface area contributed by atoms with Crippen LogP contribution in [0.1, 0.15) is 63.1 Å². The molecule has 0 radical (unpaired) electrons. The minimum absolute atomic E-state index is 0.615. The number of hydrogen-bond donors (Lipinski definition) is 1. The van der Waals surface area contributed by atoms with Gasteiger partial charge in [-0.05, 0) is 43.9 Å². The van der Waals surface area contributed by atoms with Gasteiger partial charge in [0.25, 0.3) is 0 Å². The van der Waals surface area contributed by atoms with E-state index in [0.717, 1.165) is 6.54 Å². The highest BCUT2D eigenvalue weighted by Crippen LogP contribution is 2.33. The maximum atomic E-state index is 4.67. The average Bonchev–Trinajstić information content (AvgIpc) is 2.43. The molecule has 0 amide bonds. The van der Waals surface area contributed by atoms with Crippen LogP contribution in [0.25, 0.3) is 0 Å². The summed E-state index contributed by atoms with van der Waals surface area (Å²) < 4.78 is 0. The molecule has 100 valence electrons. The minimum Gasteiger partial charge on any atom is -0.314 e. The number of likely N-dealkylation sites (N-methyl/N-ethyl adjacent to an activating group) is 1. The Balaban J connectivity index is 2.15. The van der Waals surface area contributed by atoms with Crippen molar-refractivity contribution < 1.29 is 0 Å². The zero-order valence-electron chi connectivity index (χ0n) is 11.8. The zero-order valence-corrected chi connectivity index (χ0v) is 11.8. The van der Waals surface area contributed by atoms with Crippen LogP contribution in [-0.4, -0.2) is 17.6 Å². The summed E-state index contributed by atoms with van der Waals surface area (Å²) in [7, 11) is 0. The Bertz CT molecular complexity index is 362. The largest absolute Gasteiger partial charge is 0.314 e. The molecule has 1 aliphatic carbocycles. The summed E-state index contributed by atoms with van der Waals surface area (Å²) in [6.07, 6.45) is 9.67. The molecule has 1 heterocycles. The van der Waals surface area contributed by atoms with Crippen molar-refractivity contribution in [2.75, 3.05) is 6.54 Å². The summed E-state index contributed by atoms with van der Waals surface area (Å²) in [4.78, 5) is 4.67. The summed E-state index contributed by atoms with van der Waals surface area (Å²) in [5, 5.41) is 3.69. The van der Waals surface area contributed by atoms with Crippen molar-refractivity contribution in [3.63, 3.8) is 0 Å². The summed E-state index contributed by atoms with van der Waals surface area (Å²) in [5.41, 5.74) is 2.85. The third-order valence-corrected chi connectivity index (χ3v) is 4.06. The molecule has 2 heteroatoms. The Labute approximate surface area is 111 Å². The summed E-state index contributed by atoms with van der Waals surface area (Å²) in [6.45, 7) is 5.55. The second kappa shape index (κ2) is 6.89. The van der Waals surface area contributed by atoms with Crippen molar-refractivity contribution in [2.24, 2.45) is 0 Å². The van der Waals surface area contributed by atoms with E-state index in [1.165, 1.54) is 49.8 Å². The van der Waals surface area contributed by atoms with Crippen LogP contribution in [0.5, 0.6) is 0 Å². The highest BCUT2D eigenvalue weighted by molar-refractivity contribution is 5.27. The fourth-order valence-electron chi connectivity index (χ4n) is 3.17. The summed E-state index contributed by atoms with van der Waals surface area (Å²) >= 11 is 0. The van der Waals surface area contributed by atoms with Gasteiger partial charge in [-0.2, -0.15) is 0 Å². The Morgan fingerprint density at radius 2 is 2.33 bits per heavy atom. The van der Waals surface area contributed by atoms with Crippen molar-refractivity contribution in [3.05, 3.63) is 29.6 Å². The summed E-state index contributed by atoms with van der Waals surface area (Å²) in [6, 6.07) is 4.95. The molecule has 18 heavy (non-hydrogen) atoms. The Hall–Kier alpha value is -0.890. The molecule has 0 aromatic carbocycles. The van der Waals surface area contributed by atoms with E-state index in [-0.39, 0.29) is 0 Å². The van der Waals surface area contributed by atoms with Crippen LogP contribution in [0.4, 0.5) is 0 Å². The molecule has 2 atom stereocenters. The number of aryl methyl sites for hydroxylation is 1. The van der Waals surface area contributed by atoms with Gasteiger partial charge < -0.3 is 5.32 Å². The Morgan fingerprint density at radius 3 is 3.11 bits per heavy atom. The fraction of sp³-hybridized carbons (Fsp3) is 0.688.